The van der Waals surface area contributed by atoms with Gasteiger partial charge < -0.3 is 5.32 Å². The molecule has 0 unspecified atom stereocenters. The van der Waals surface area contributed by atoms with Crippen molar-refractivity contribution in [1.82, 2.24) is 9.97 Å². The van der Waals surface area contributed by atoms with Crippen molar-refractivity contribution in [3.8, 4) is 0 Å². The molecular weight excluding hydrogens is 337 g/mol. The zero-order chi connectivity index (χ0) is 16.6. The Labute approximate surface area is 141 Å². The Hall–Kier alpha value is -2.05. The van der Waals surface area contributed by atoms with Crippen molar-refractivity contribution in [3.05, 3.63) is 52.0 Å². The van der Waals surface area contributed by atoms with Crippen molar-refractivity contribution in [2.45, 2.75) is 19.8 Å². The largest absolute Gasteiger partial charge is 0.322 e. The number of amides is 1. The van der Waals surface area contributed by atoms with Gasteiger partial charge in [-0.25, -0.2) is 14.4 Å². The van der Waals surface area contributed by atoms with E-state index in [-0.39, 0.29) is 10.7 Å². The number of fused-ring (bicyclic) bond motifs is 1. The van der Waals surface area contributed by atoms with Gasteiger partial charge in [-0.15, -0.1) is 11.3 Å². The molecule has 4 nitrogen and oxygen atoms in total. The molecule has 0 aliphatic carbocycles. The highest BCUT2D eigenvalue weighted by Gasteiger charge is 2.14. The van der Waals surface area contributed by atoms with E-state index in [1.807, 2.05) is 6.07 Å². The third kappa shape index (κ3) is 3.33. The molecule has 23 heavy (non-hydrogen) atoms. The van der Waals surface area contributed by atoms with E-state index < -0.39 is 11.7 Å². The highest BCUT2D eigenvalue weighted by Crippen LogP contribution is 2.29. The first kappa shape index (κ1) is 15.8. The van der Waals surface area contributed by atoms with Crippen LogP contribution < -0.4 is 5.32 Å². The van der Waals surface area contributed by atoms with Crippen LogP contribution in [0.15, 0.2) is 30.5 Å². The minimum Gasteiger partial charge on any atom is -0.322 e. The van der Waals surface area contributed by atoms with Gasteiger partial charge in [0.25, 0.3) is 5.91 Å². The summed E-state index contributed by atoms with van der Waals surface area (Å²) in [6.07, 6.45) is 0.966. The van der Waals surface area contributed by atoms with Gasteiger partial charge >= 0.3 is 0 Å². The molecule has 7 heteroatoms. The minimum atomic E-state index is -0.615. The average Bonchev–Trinajstić information content (AvgIpc) is 2.93. The lowest BCUT2D eigenvalue weighted by Gasteiger charge is -2.06. The Morgan fingerprint density at radius 3 is 2.87 bits per heavy atom. The first-order chi connectivity index (χ1) is 10.9. The smallest absolute Gasteiger partial charge is 0.258 e. The average molecular weight is 350 g/mol. The van der Waals surface area contributed by atoms with Crippen molar-refractivity contribution >= 4 is 44.7 Å². The number of aromatic nitrogens is 2. The number of rotatable bonds is 3. The Kier molecular flexibility index (Phi) is 4.28. The number of nitrogens with one attached hydrogen (secondary N) is 1. The zero-order valence-electron chi connectivity index (χ0n) is 12.4. The Balaban J connectivity index is 1.88. The molecule has 0 saturated heterocycles. The van der Waals surface area contributed by atoms with Crippen molar-refractivity contribution in [3.63, 3.8) is 0 Å². The van der Waals surface area contributed by atoms with Gasteiger partial charge in [-0.2, -0.15) is 0 Å². The number of nitrogens with zero attached hydrogens (tertiary/aromatic N) is 2. The van der Waals surface area contributed by atoms with Crippen molar-refractivity contribution in [2.24, 2.45) is 0 Å². The highest BCUT2D eigenvalue weighted by atomic mass is 35.5. The monoisotopic (exact) mass is 349 g/mol. The molecule has 0 fully saturated rings. The minimum absolute atomic E-state index is 0.00656. The summed E-state index contributed by atoms with van der Waals surface area (Å²) in [5, 5.41) is 3.69. The Morgan fingerprint density at radius 1 is 1.35 bits per heavy atom. The number of hydrogen-bond acceptors (Lipinski definition) is 4. The molecule has 0 aliphatic rings. The number of pyridine rings is 1. The molecule has 0 radical (unpaired) electrons. The van der Waals surface area contributed by atoms with Crippen LogP contribution in [0.3, 0.4) is 0 Å². The summed E-state index contributed by atoms with van der Waals surface area (Å²) in [4.78, 5) is 20.4. The van der Waals surface area contributed by atoms with Gasteiger partial charge in [-0.3, -0.25) is 4.79 Å². The fraction of sp³-hybridized carbons (Fsp3) is 0.188. The van der Waals surface area contributed by atoms with Gasteiger partial charge in [-0.05, 0) is 24.3 Å². The number of benzene rings is 1. The molecule has 0 bridgehead atoms. The summed E-state index contributed by atoms with van der Waals surface area (Å²) in [6.45, 7) is 4.17. The Morgan fingerprint density at radius 2 is 2.13 bits per heavy atom. The first-order valence-corrected chi connectivity index (χ1v) is 8.16. The third-order valence-corrected chi connectivity index (χ3v) is 4.84. The second-order valence-corrected chi connectivity index (χ2v) is 6.76. The van der Waals surface area contributed by atoms with Crippen LogP contribution in [-0.2, 0) is 0 Å². The molecule has 2 heterocycles. The number of thiazole rings is 1. The highest BCUT2D eigenvalue weighted by molar-refractivity contribution is 7.18. The molecule has 3 aromatic rings. The number of halogens is 2. The van der Waals surface area contributed by atoms with Crippen LogP contribution in [-0.4, -0.2) is 15.9 Å². The van der Waals surface area contributed by atoms with Gasteiger partial charge in [0.15, 0.2) is 0 Å². The molecule has 1 amide bonds. The number of carbonyl (C=O) groups is 1. The summed E-state index contributed by atoms with van der Waals surface area (Å²) in [7, 11) is 0. The molecule has 0 saturated carbocycles. The van der Waals surface area contributed by atoms with E-state index in [9.17, 15) is 9.18 Å². The van der Waals surface area contributed by atoms with Crippen molar-refractivity contribution in [1.29, 1.82) is 0 Å². The Bertz CT molecular complexity index is 894. The maximum atomic E-state index is 13.2. The number of anilines is 1. The second-order valence-electron chi connectivity index (χ2n) is 5.34. The van der Waals surface area contributed by atoms with E-state index >= 15 is 0 Å². The van der Waals surface area contributed by atoms with Gasteiger partial charge in [0.2, 0.25) is 0 Å². The van der Waals surface area contributed by atoms with Crippen LogP contribution in [0.1, 0.15) is 35.1 Å². The standard InChI is InChI=1S/C16H13ClFN3OS/c1-8(2)16-21-12-6-10(3-4-13(12)23-16)20-15(22)11-5-9(18)7-19-14(11)17/h3-8H,1-2H3,(H,20,22). The maximum Gasteiger partial charge on any atom is 0.258 e. The van der Waals surface area contributed by atoms with Gasteiger partial charge in [-0.1, -0.05) is 25.4 Å². The van der Waals surface area contributed by atoms with Crippen LogP contribution in [0, 0.1) is 5.82 Å². The summed E-state index contributed by atoms with van der Waals surface area (Å²) in [5.74, 6) is -0.778. The quantitative estimate of drug-likeness (QED) is 0.687. The molecule has 1 N–H and O–H groups in total. The topological polar surface area (TPSA) is 54.9 Å². The summed E-state index contributed by atoms with van der Waals surface area (Å²) in [5.41, 5.74) is 1.39. The van der Waals surface area contributed by atoms with E-state index in [0.717, 1.165) is 27.5 Å². The van der Waals surface area contributed by atoms with Gasteiger partial charge in [0.1, 0.15) is 11.0 Å². The summed E-state index contributed by atoms with van der Waals surface area (Å²) < 4.78 is 14.3. The lowest BCUT2D eigenvalue weighted by atomic mass is 10.2. The van der Waals surface area contributed by atoms with Crippen LogP contribution in [0.5, 0.6) is 0 Å². The fourth-order valence-corrected chi connectivity index (χ4v) is 3.19. The molecule has 3 rings (SSSR count). The molecule has 0 atom stereocenters. The normalized spacial score (nSPS) is 11.2. The SMILES string of the molecule is CC(C)c1nc2cc(NC(=O)c3cc(F)cnc3Cl)ccc2s1. The fourth-order valence-electron chi connectivity index (χ4n) is 2.05. The third-order valence-electron chi connectivity index (χ3n) is 3.21. The van der Waals surface area contributed by atoms with E-state index in [0.29, 0.717) is 11.6 Å². The van der Waals surface area contributed by atoms with E-state index in [2.05, 4.69) is 29.1 Å². The summed E-state index contributed by atoms with van der Waals surface area (Å²) in [6, 6.07) is 6.53. The molecule has 0 spiro atoms. The van der Waals surface area contributed by atoms with E-state index in [1.54, 1.807) is 23.5 Å². The lowest BCUT2D eigenvalue weighted by Crippen LogP contribution is -2.13. The predicted molar refractivity (Wildman–Crippen MR) is 90.9 cm³/mol. The van der Waals surface area contributed by atoms with Crippen molar-refractivity contribution in [2.75, 3.05) is 5.32 Å². The molecular formula is C16H13ClFN3OS. The summed E-state index contributed by atoms with van der Waals surface area (Å²) >= 11 is 7.47. The molecule has 118 valence electrons. The van der Waals surface area contributed by atoms with Crippen LogP contribution in [0.25, 0.3) is 10.2 Å². The van der Waals surface area contributed by atoms with Crippen LogP contribution in [0.2, 0.25) is 5.15 Å². The number of carbonyl (C=O) groups excluding carboxylic acids is 1. The van der Waals surface area contributed by atoms with Crippen LogP contribution >= 0.6 is 22.9 Å². The van der Waals surface area contributed by atoms with Crippen molar-refractivity contribution < 1.29 is 9.18 Å². The second kappa shape index (κ2) is 6.22. The van der Waals surface area contributed by atoms with E-state index in [1.165, 1.54) is 0 Å². The molecule has 0 aliphatic heterocycles. The molecule has 2 aromatic heterocycles. The number of hydrogen-bond donors (Lipinski definition) is 1. The van der Waals surface area contributed by atoms with Gasteiger partial charge in [0, 0.05) is 11.6 Å². The first-order valence-electron chi connectivity index (χ1n) is 6.97. The van der Waals surface area contributed by atoms with E-state index in [4.69, 9.17) is 11.6 Å². The lowest BCUT2D eigenvalue weighted by molar-refractivity contribution is 0.102. The zero-order valence-corrected chi connectivity index (χ0v) is 14.0. The molecule has 1 aromatic carbocycles. The van der Waals surface area contributed by atoms with Gasteiger partial charge in [0.05, 0.1) is 27.0 Å². The predicted octanol–water partition coefficient (Wildman–Crippen LogP) is 4.86. The maximum absolute atomic E-state index is 13.2. The van der Waals surface area contributed by atoms with Crippen LogP contribution in [0.4, 0.5) is 10.1 Å².